The summed E-state index contributed by atoms with van der Waals surface area (Å²) in [6.07, 6.45) is -1.44. The number of amides is 5. The van der Waals surface area contributed by atoms with Crippen LogP contribution in [0.4, 0.5) is 14.9 Å². The number of imide groups is 2. The third-order valence-corrected chi connectivity index (χ3v) is 6.22. The number of halogens is 1. The summed E-state index contributed by atoms with van der Waals surface area (Å²) in [6, 6.07) is -0.706. The van der Waals surface area contributed by atoms with Gasteiger partial charge in [0.25, 0.3) is 5.91 Å². The number of morpholine rings is 1. The first kappa shape index (κ1) is 21.7. The van der Waals surface area contributed by atoms with Crippen molar-refractivity contribution in [3.05, 3.63) is 23.0 Å². The van der Waals surface area contributed by atoms with E-state index >= 15 is 4.39 Å². The Morgan fingerprint density at radius 1 is 1.31 bits per heavy atom. The van der Waals surface area contributed by atoms with Gasteiger partial charge in [0.2, 0.25) is 11.8 Å². The fraction of sp³-hybridized carbons (Fsp3) is 0.450. The van der Waals surface area contributed by atoms with Crippen molar-refractivity contribution in [2.45, 2.75) is 38.5 Å². The number of hydrogen-bond acceptors (Lipinski definition) is 8. The van der Waals surface area contributed by atoms with E-state index in [0.717, 1.165) is 0 Å². The van der Waals surface area contributed by atoms with E-state index in [1.807, 2.05) is 0 Å². The van der Waals surface area contributed by atoms with Gasteiger partial charge < -0.3 is 20.1 Å². The minimum absolute atomic E-state index is 0.0360. The number of benzene rings is 1. The summed E-state index contributed by atoms with van der Waals surface area (Å²) >= 11 is 0. The SMILES string of the molecule is CNC(=O)C(=N)c1cc2c(c(F)c1O)N1CC(C)OC(C)C1C1(C2)C(=O)NC(=O)NC1=O. The molecule has 11 nitrogen and oxygen atoms in total. The second kappa shape index (κ2) is 7.26. The number of carbonyl (C=O) groups excluding carboxylic acids is 4. The molecule has 3 unspecified atom stereocenters. The topological polar surface area (TPSA) is 161 Å². The highest BCUT2D eigenvalue weighted by Crippen LogP contribution is 2.49. The lowest BCUT2D eigenvalue weighted by molar-refractivity contribution is -0.153. The van der Waals surface area contributed by atoms with E-state index in [1.165, 1.54) is 18.0 Å². The molecule has 1 aromatic rings. The van der Waals surface area contributed by atoms with Gasteiger partial charge in [-0.3, -0.25) is 30.4 Å². The van der Waals surface area contributed by atoms with E-state index < -0.39 is 64.7 Å². The lowest BCUT2D eigenvalue weighted by atomic mass is 9.66. The summed E-state index contributed by atoms with van der Waals surface area (Å²) in [5.41, 5.74) is -2.79. The van der Waals surface area contributed by atoms with Crippen molar-refractivity contribution in [1.29, 1.82) is 5.41 Å². The molecule has 1 aromatic carbocycles. The zero-order valence-electron chi connectivity index (χ0n) is 17.5. The van der Waals surface area contributed by atoms with Gasteiger partial charge in [0, 0.05) is 20.0 Å². The first-order valence-corrected chi connectivity index (χ1v) is 9.97. The number of nitrogens with one attached hydrogen (secondary N) is 4. The van der Waals surface area contributed by atoms with Gasteiger partial charge in [-0.05, 0) is 25.5 Å². The van der Waals surface area contributed by atoms with Crippen LogP contribution in [-0.2, 0) is 25.5 Å². The molecular formula is C20H22FN5O6. The molecule has 0 bridgehead atoms. The zero-order valence-corrected chi connectivity index (χ0v) is 17.5. The lowest BCUT2D eigenvalue weighted by Gasteiger charge is -2.55. The Labute approximate surface area is 181 Å². The molecule has 5 N–H and O–H groups in total. The van der Waals surface area contributed by atoms with Crippen LogP contribution in [0, 0.1) is 16.6 Å². The van der Waals surface area contributed by atoms with Crippen LogP contribution in [0.5, 0.6) is 5.75 Å². The average Bonchev–Trinajstić information content (AvgIpc) is 2.72. The number of phenolic OH excluding ortho intramolecular Hbond substituents is 1. The number of ether oxygens (including phenoxy) is 1. The van der Waals surface area contributed by atoms with Gasteiger partial charge in [0.05, 0.1) is 29.5 Å². The highest BCUT2D eigenvalue weighted by atomic mass is 19.1. The summed E-state index contributed by atoms with van der Waals surface area (Å²) in [5, 5.41) is 24.9. The van der Waals surface area contributed by atoms with E-state index in [2.05, 4.69) is 16.0 Å². The minimum Gasteiger partial charge on any atom is -0.504 e. The maximum atomic E-state index is 15.5. The number of fused-ring (bicyclic) bond motifs is 4. The van der Waals surface area contributed by atoms with Crippen LogP contribution in [0.2, 0.25) is 0 Å². The summed E-state index contributed by atoms with van der Waals surface area (Å²) in [7, 11) is 1.28. The Morgan fingerprint density at radius 2 is 1.94 bits per heavy atom. The van der Waals surface area contributed by atoms with Crippen LogP contribution in [0.15, 0.2) is 6.07 Å². The summed E-state index contributed by atoms with van der Waals surface area (Å²) in [5.74, 6) is -4.51. The number of carbonyl (C=O) groups is 4. The van der Waals surface area contributed by atoms with Crippen molar-refractivity contribution in [2.75, 3.05) is 18.5 Å². The fourth-order valence-corrected chi connectivity index (χ4v) is 4.99. The summed E-state index contributed by atoms with van der Waals surface area (Å²) in [6.45, 7) is 3.48. The first-order chi connectivity index (χ1) is 15.0. The second-order valence-electron chi connectivity index (χ2n) is 8.18. The first-order valence-electron chi connectivity index (χ1n) is 9.97. The molecule has 3 atom stereocenters. The van der Waals surface area contributed by atoms with E-state index in [1.54, 1.807) is 13.8 Å². The smallest absolute Gasteiger partial charge is 0.328 e. The third kappa shape index (κ3) is 2.86. The number of aromatic hydroxyl groups is 1. The average molecular weight is 447 g/mol. The number of nitrogens with zero attached hydrogens (tertiary/aromatic N) is 1. The van der Waals surface area contributed by atoms with Crippen LogP contribution < -0.4 is 20.9 Å². The maximum absolute atomic E-state index is 15.5. The molecule has 4 rings (SSSR count). The largest absolute Gasteiger partial charge is 0.504 e. The molecular weight excluding hydrogens is 425 g/mol. The number of barbiturate groups is 1. The van der Waals surface area contributed by atoms with Crippen LogP contribution >= 0.6 is 0 Å². The molecule has 5 amide bonds. The third-order valence-electron chi connectivity index (χ3n) is 6.22. The molecule has 3 heterocycles. The monoisotopic (exact) mass is 447 g/mol. The van der Waals surface area contributed by atoms with Gasteiger partial charge in [-0.25, -0.2) is 9.18 Å². The summed E-state index contributed by atoms with van der Waals surface area (Å²) in [4.78, 5) is 51.3. The van der Waals surface area contributed by atoms with E-state index in [9.17, 15) is 24.3 Å². The molecule has 3 aliphatic heterocycles. The molecule has 32 heavy (non-hydrogen) atoms. The predicted molar refractivity (Wildman–Crippen MR) is 108 cm³/mol. The van der Waals surface area contributed by atoms with Crippen molar-refractivity contribution >= 4 is 35.2 Å². The Balaban J connectivity index is 1.97. The van der Waals surface area contributed by atoms with Crippen molar-refractivity contribution in [3.8, 4) is 5.75 Å². The number of likely N-dealkylation sites (N-methyl/N-ethyl adjacent to an activating group) is 1. The van der Waals surface area contributed by atoms with Crippen molar-refractivity contribution in [1.82, 2.24) is 16.0 Å². The van der Waals surface area contributed by atoms with Crippen molar-refractivity contribution in [3.63, 3.8) is 0 Å². The standard InChI is InChI=1S/C20H22FN5O6/c1-7-6-26-13-9(4-10(14(27)11(13)21)12(22)16(28)23-3)5-20(15(26)8(2)32-7)17(29)24-19(31)25-18(20)30/h4,7-8,15,22,27H,5-6H2,1-3H3,(H,23,28)(H2,24,25,29,30,31). The molecule has 2 saturated heterocycles. The highest BCUT2D eigenvalue weighted by molar-refractivity contribution is 6.44. The molecule has 0 saturated carbocycles. The fourth-order valence-electron chi connectivity index (χ4n) is 4.99. The Bertz CT molecular complexity index is 1070. The van der Waals surface area contributed by atoms with Gasteiger partial charge in [0.15, 0.2) is 17.0 Å². The van der Waals surface area contributed by atoms with Gasteiger partial charge in [-0.15, -0.1) is 0 Å². The second-order valence-corrected chi connectivity index (χ2v) is 8.18. The van der Waals surface area contributed by atoms with Gasteiger partial charge in [0.1, 0.15) is 5.71 Å². The van der Waals surface area contributed by atoms with Gasteiger partial charge in [-0.1, -0.05) is 0 Å². The molecule has 0 aliphatic carbocycles. The molecule has 0 radical (unpaired) electrons. The van der Waals surface area contributed by atoms with Crippen molar-refractivity contribution < 1.29 is 33.4 Å². The molecule has 3 aliphatic rings. The van der Waals surface area contributed by atoms with Gasteiger partial charge >= 0.3 is 6.03 Å². The number of anilines is 1. The normalized spacial score (nSPS) is 26.1. The number of urea groups is 1. The lowest BCUT2D eigenvalue weighted by Crippen LogP contribution is -2.75. The highest BCUT2D eigenvalue weighted by Gasteiger charge is 2.63. The molecule has 1 spiro atoms. The summed E-state index contributed by atoms with van der Waals surface area (Å²) < 4.78 is 21.3. The van der Waals surface area contributed by atoms with Gasteiger partial charge in [-0.2, -0.15) is 0 Å². The van der Waals surface area contributed by atoms with E-state index in [-0.39, 0.29) is 29.8 Å². The molecule has 12 heteroatoms. The van der Waals surface area contributed by atoms with Crippen LogP contribution in [-0.4, -0.2) is 66.4 Å². The van der Waals surface area contributed by atoms with Crippen LogP contribution in [0.25, 0.3) is 0 Å². The van der Waals surface area contributed by atoms with Crippen molar-refractivity contribution in [2.24, 2.45) is 5.41 Å². The molecule has 2 fully saturated rings. The Hall–Kier alpha value is -3.54. The number of phenols is 1. The zero-order chi connectivity index (χ0) is 23.5. The number of rotatable bonds is 2. The van der Waals surface area contributed by atoms with E-state index in [4.69, 9.17) is 10.1 Å². The Morgan fingerprint density at radius 3 is 2.53 bits per heavy atom. The molecule has 0 aromatic heterocycles. The maximum Gasteiger partial charge on any atom is 0.328 e. The number of hydrogen-bond donors (Lipinski definition) is 5. The minimum atomic E-state index is -1.84. The van der Waals surface area contributed by atoms with Crippen LogP contribution in [0.3, 0.4) is 0 Å². The molecule has 170 valence electrons. The quantitative estimate of drug-likeness (QED) is 0.303. The van der Waals surface area contributed by atoms with Crippen LogP contribution in [0.1, 0.15) is 25.0 Å². The Kier molecular flexibility index (Phi) is 4.92. The van der Waals surface area contributed by atoms with E-state index in [0.29, 0.717) is 0 Å². The predicted octanol–water partition coefficient (Wildman–Crippen LogP) is -0.464.